The summed E-state index contributed by atoms with van der Waals surface area (Å²) >= 11 is 0. The van der Waals surface area contributed by atoms with E-state index in [9.17, 15) is 0 Å². The van der Waals surface area contributed by atoms with Crippen LogP contribution < -0.4 is 5.73 Å². The van der Waals surface area contributed by atoms with Crippen molar-refractivity contribution in [3.63, 3.8) is 0 Å². The number of rotatable bonds is 2. The SMILES string of the molecule is CCc1ccc2oc(C3CCCC3N)nc2c1. The van der Waals surface area contributed by atoms with Crippen LogP contribution in [0.25, 0.3) is 11.1 Å². The first-order valence-electron chi connectivity index (χ1n) is 6.43. The number of hydrogen-bond acceptors (Lipinski definition) is 3. The molecular weight excluding hydrogens is 212 g/mol. The summed E-state index contributed by atoms with van der Waals surface area (Å²) in [4.78, 5) is 4.61. The van der Waals surface area contributed by atoms with Crippen LogP contribution in [0.2, 0.25) is 0 Å². The van der Waals surface area contributed by atoms with E-state index in [1.54, 1.807) is 0 Å². The average molecular weight is 230 g/mol. The molecule has 1 aliphatic carbocycles. The summed E-state index contributed by atoms with van der Waals surface area (Å²) in [5.41, 5.74) is 9.24. The third-order valence-corrected chi connectivity index (χ3v) is 3.76. The van der Waals surface area contributed by atoms with E-state index in [1.807, 2.05) is 6.07 Å². The summed E-state index contributed by atoms with van der Waals surface area (Å²) in [6.45, 7) is 2.15. The molecule has 2 N–H and O–H groups in total. The second kappa shape index (κ2) is 4.15. The minimum Gasteiger partial charge on any atom is -0.440 e. The molecular formula is C14H18N2O. The Morgan fingerprint density at radius 2 is 2.29 bits per heavy atom. The van der Waals surface area contributed by atoms with Crippen LogP contribution in [0, 0.1) is 0 Å². The number of hydrogen-bond donors (Lipinski definition) is 1. The highest BCUT2D eigenvalue weighted by Crippen LogP contribution is 2.34. The zero-order valence-corrected chi connectivity index (χ0v) is 10.1. The van der Waals surface area contributed by atoms with Gasteiger partial charge in [-0.3, -0.25) is 0 Å². The molecule has 3 heteroatoms. The number of oxazole rings is 1. The molecule has 3 rings (SSSR count). The fraction of sp³-hybridized carbons (Fsp3) is 0.500. The smallest absolute Gasteiger partial charge is 0.200 e. The molecule has 3 nitrogen and oxygen atoms in total. The monoisotopic (exact) mass is 230 g/mol. The maximum atomic E-state index is 6.09. The third-order valence-electron chi connectivity index (χ3n) is 3.76. The largest absolute Gasteiger partial charge is 0.440 e. The van der Waals surface area contributed by atoms with Gasteiger partial charge in [0.15, 0.2) is 11.5 Å². The van der Waals surface area contributed by atoms with E-state index >= 15 is 0 Å². The molecule has 0 bridgehead atoms. The van der Waals surface area contributed by atoms with Crippen molar-refractivity contribution < 1.29 is 4.42 Å². The molecule has 0 saturated heterocycles. The number of aryl methyl sites for hydroxylation is 1. The summed E-state index contributed by atoms with van der Waals surface area (Å²) < 4.78 is 5.83. The van der Waals surface area contributed by atoms with Crippen LogP contribution in [0.1, 0.15) is 43.6 Å². The van der Waals surface area contributed by atoms with E-state index in [-0.39, 0.29) is 6.04 Å². The van der Waals surface area contributed by atoms with Crippen LogP contribution in [0.3, 0.4) is 0 Å². The lowest BCUT2D eigenvalue weighted by molar-refractivity contribution is 0.449. The first-order chi connectivity index (χ1) is 8.28. The van der Waals surface area contributed by atoms with Crippen LogP contribution >= 0.6 is 0 Å². The van der Waals surface area contributed by atoms with Gasteiger partial charge in [0.05, 0.1) is 5.92 Å². The van der Waals surface area contributed by atoms with Gasteiger partial charge in [0.1, 0.15) is 5.52 Å². The Hall–Kier alpha value is -1.35. The Balaban J connectivity index is 2.01. The standard InChI is InChI=1S/C14H18N2O/c1-2-9-6-7-13-12(8-9)16-14(17-13)10-4-3-5-11(10)15/h6-8,10-11H,2-5,15H2,1H3. The maximum absolute atomic E-state index is 6.09. The highest BCUT2D eigenvalue weighted by molar-refractivity contribution is 5.73. The lowest BCUT2D eigenvalue weighted by Gasteiger charge is -2.09. The molecule has 0 spiro atoms. The minimum absolute atomic E-state index is 0.216. The van der Waals surface area contributed by atoms with Gasteiger partial charge in [-0.25, -0.2) is 4.98 Å². The second-order valence-corrected chi connectivity index (χ2v) is 4.91. The highest BCUT2D eigenvalue weighted by atomic mass is 16.3. The van der Waals surface area contributed by atoms with Crippen molar-refractivity contribution >= 4 is 11.1 Å². The number of fused-ring (bicyclic) bond motifs is 1. The Morgan fingerprint density at radius 3 is 3.00 bits per heavy atom. The average Bonchev–Trinajstić information content (AvgIpc) is 2.93. The van der Waals surface area contributed by atoms with E-state index in [2.05, 4.69) is 24.0 Å². The van der Waals surface area contributed by atoms with Crippen molar-refractivity contribution in [3.05, 3.63) is 29.7 Å². The third kappa shape index (κ3) is 1.84. The minimum atomic E-state index is 0.216. The Kier molecular flexibility index (Phi) is 2.63. The van der Waals surface area contributed by atoms with Crippen molar-refractivity contribution in [1.82, 2.24) is 4.98 Å². The first kappa shape index (κ1) is 10.8. The molecule has 1 aromatic heterocycles. The highest BCUT2D eigenvalue weighted by Gasteiger charge is 2.29. The molecule has 0 radical (unpaired) electrons. The van der Waals surface area contributed by atoms with Crippen LogP contribution in [-0.4, -0.2) is 11.0 Å². The van der Waals surface area contributed by atoms with Crippen molar-refractivity contribution in [1.29, 1.82) is 0 Å². The van der Waals surface area contributed by atoms with Gasteiger partial charge in [0.2, 0.25) is 0 Å². The fourth-order valence-electron chi connectivity index (χ4n) is 2.66. The van der Waals surface area contributed by atoms with Gasteiger partial charge in [-0.1, -0.05) is 19.4 Å². The van der Waals surface area contributed by atoms with Gasteiger partial charge < -0.3 is 10.2 Å². The molecule has 1 heterocycles. The van der Waals surface area contributed by atoms with Gasteiger partial charge >= 0.3 is 0 Å². The molecule has 17 heavy (non-hydrogen) atoms. The molecule has 2 atom stereocenters. The van der Waals surface area contributed by atoms with Crippen LogP contribution in [0.5, 0.6) is 0 Å². The van der Waals surface area contributed by atoms with Crippen molar-refractivity contribution in [2.75, 3.05) is 0 Å². The molecule has 0 amide bonds. The lowest BCUT2D eigenvalue weighted by Crippen LogP contribution is -2.22. The fourth-order valence-corrected chi connectivity index (χ4v) is 2.66. The summed E-state index contributed by atoms with van der Waals surface area (Å²) in [6.07, 6.45) is 4.41. The summed E-state index contributed by atoms with van der Waals surface area (Å²) in [7, 11) is 0. The molecule has 1 aromatic carbocycles. The molecule has 0 aliphatic heterocycles. The number of nitrogens with two attached hydrogens (primary N) is 1. The summed E-state index contributed by atoms with van der Waals surface area (Å²) in [5, 5.41) is 0. The van der Waals surface area contributed by atoms with E-state index in [1.165, 1.54) is 12.0 Å². The van der Waals surface area contributed by atoms with Crippen LogP contribution in [0.4, 0.5) is 0 Å². The zero-order valence-electron chi connectivity index (χ0n) is 10.1. The molecule has 2 aromatic rings. The zero-order chi connectivity index (χ0) is 11.8. The van der Waals surface area contributed by atoms with E-state index in [0.29, 0.717) is 5.92 Å². The summed E-state index contributed by atoms with van der Waals surface area (Å²) in [6, 6.07) is 6.45. The lowest BCUT2D eigenvalue weighted by atomic mass is 10.1. The van der Waals surface area contributed by atoms with Gasteiger partial charge in [0, 0.05) is 6.04 Å². The molecule has 1 fully saturated rings. The quantitative estimate of drug-likeness (QED) is 0.862. The Morgan fingerprint density at radius 1 is 1.41 bits per heavy atom. The normalized spacial score (nSPS) is 24.6. The van der Waals surface area contributed by atoms with Gasteiger partial charge in [0.25, 0.3) is 0 Å². The molecule has 90 valence electrons. The maximum Gasteiger partial charge on any atom is 0.200 e. The van der Waals surface area contributed by atoms with Crippen molar-refractivity contribution in [2.24, 2.45) is 5.73 Å². The number of benzene rings is 1. The van der Waals surface area contributed by atoms with E-state index in [4.69, 9.17) is 10.2 Å². The van der Waals surface area contributed by atoms with Crippen LogP contribution in [-0.2, 0) is 6.42 Å². The Labute approximate surface area is 101 Å². The topological polar surface area (TPSA) is 52.0 Å². The van der Waals surface area contributed by atoms with Gasteiger partial charge in [-0.15, -0.1) is 0 Å². The number of nitrogens with zero attached hydrogens (tertiary/aromatic N) is 1. The molecule has 1 aliphatic rings. The molecule has 2 unspecified atom stereocenters. The summed E-state index contributed by atoms with van der Waals surface area (Å²) in [5.74, 6) is 1.14. The van der Waals surface area contributed by atoms with E-state index in [0.717, 1.165) is 36.3 Å². The predicted molar refractivity (Wildman–Crippen MR) is 68.0 cm³/mol. The van der Waals surface area contributed by atoms with E-state index < -0.39 is 0 Å². The van der Waals surface area contributed by atoms with Gasteiger partial charge in [-0.05, 0) is 37.0 Å². The van der Waals surface area contributed by atoms with Gasteiger partial charge in [-0.2, -0.15) is 0 Å². The van der Waals surface area contributed by atoms with Crippen molar-refractivity contribution in [3.8, 4) is 0 Å². The number of aromatic nitrogens is 1. The first-order valence-corrected chi connectivity index (χ1v) is 6.43. The second-order valence-electron chi connectivity index (χ2n) is 4.91. The van der Waals surface area contributed by atoms with Crippen molar-refractivity contribution in [2.45, 2.75) is 44.6 Å². The van der Waals surface area contributed by atoms with Crippen LogP contribution in [0.15, 0.2) is 22.6 Å². The predicted octanol–water partition coefficient (Wildman–Crippen LogP) is 2.99. The molecule has 1 saturated carbocycles. The Bertz CT molecular complexity index is 532.